The summed E-state index contributed by atoms with van der Waals surface area (Å²) in [6.45, 7) is 15.8. The summed E-state index contributed by atoms with van der Waals surface area (Å²) in [5.41, 5.74) is -0.483. The van der Waals surface area contributed by atoms with Crippen LogP contribution in [0.4, 0.5) is 0 Å². The Morgan fingerprint density at radius 1 is 0.791 bits per heavy atom. The Labute approximate surface area is 270 Å². The Morgan fingerprint density at radius 3 is 2.09 bits per heavy atom. The lowest BCUT2D eigenvalue weighted by molar-refractivity contribution is -0.290. The number of halogens is 1. The largest absolute Gasteiger partial charge is 0.462 e. The van der Waals surface area contributed by atoms with Crippen LogP contribution in [0.5, 0.6) is 0 Å². The third-order valence-electron chi connectivity index (χ3n) is 14.8. The highest BCUT2D eigenvalue weighted by molar-refractivity contribution is 14.1. The van der Waals surface area contributed by atoms with Crippen molar-refractivity contribution in [1.29, 1.82) is 0 Å². The van der Waals surface area contributed by atoms with E-state index in [2.05, 4.69) is 43.4 Å². The Hall–Kier alpha value is -0.900. The van der Waals surface area contributed by atoms with Crippen molar-refractivity contribution in [2.24, 2.45) is 44.8 Å². The molecule has 1 unspecified atom stereocenters. The van der Waals surface area contributed by atoms with Crippen LogP contribution in [0.25, 0.3) is 0 Å². The normalized spacial score (nSPS) is 52.0. The van der Waals surface area contributed by atoms with E-state index in [-0.39, 0.29) is 74.8 Å². The molecule has 1 aliphatic heterocycles. The number of ether oxygens (including phenoxy) is 4. The molecule has 1 heterocycles. The van der Waals surface area contributed by atoms with E-state index in [4.69, 9.17) is 18.9 Å². The van der Waals surface area contributed by atoms with Crippen molar-refractivity contribution in [2.45, 2.75) is 153 Å². The van der Waals surface area contributed by atoms with Gasteiger partial charge < -0.3 is 18.9 Å². The van der Waals surface area contributed by atoms with Crippen molar-refractivity contribution < 1.29 is 33.3 Å². The molecule has 4 spiro atoms. The van der Waals surface area contributed by atoms with Crippen LogP contribution in [0.15, 0.2) is 0 Å². The first kappa shape index (κ1) is 30.7. The van der Waals surface area contributed by atoms with E-state index in [1.54, 1.807) is 6.92 Å². The number of esters is 3. The highest BCUT2D eigenvalue weighted by Gasteiger charge is 2.88. The number of carbonyl (C=O) groups excluding carboxylic acids is 3. The zero-order chi connectivity index (χ0) is 31.2. The second kappa shape index (κ2) is 9.13. The molecule has 12 atom stereocenters. The molecule has 0 N–H and O–H groups in total. The maximum Gasteiger partial charge on any atom is 0.303 e. The number of carbonyl (C=O) groups is 3. The van der Waals surface area contributed by atoms with Crippen LogP contribution in [0.1, 0.15) is 120 Å². The minimum atomic E-state index is -0.714. The van der Waals surface area contributed by atoms with Gasteiger partial charge in [0.15, 0.2) is 0 Å². The minimum Gasteiger partial charge on any atom is -0.462 e. The number of hydrogen-bond acceptors (Lipinski definition) is 7. The van der Waals surface area contributed by atoms with Crippen molar-refractivity contribution in [3.63, 3.8) is 0 Å². The fourth-order valence-corrected chi connectivity index (χ4v) is 14.4. The molecule has 7 rings (SSSR count). The van der Waals surface area contributed by atoms with Crippen LogP contribution in [0.3, 0.4) is 0 Å². The summed E-state index contributed by atoms with van der Waals surface area (Å²) >= 11 is 2.66. The first-order valence-electron chi connectivity index (χ1n) is 16.8. The summed E-state index contributed by atoms with van der Waals surface area (Å²) in [6.07, 6.45) is 10.0. The van der Waals surface area contributed by atoms with E-state index in [0.29, 0.717) is 15.8 Å². The molecule has 7 fully saturated rings. The van der Waals surface area contributed by atoms with Gasteiger partial charge in [0.1, 0.15) is 17.8 Å². The van der Waals surface area contributed by atoms with Crippen LogP contribution in [0.2, 0.25) is 0 Å². The Morgan fingerprint density at radius 2 is 1.44 bits per heavy atom. The van der Waals surface area contributed by atoms with Crippen LogP contribution in [-0.4, -0.2) is 51.3 Å². The van der Waals surface area contributed by atoms with Crippen LogP contribution >= 0.6 is 22.6 Å². The number of rotatable bonds is 4. The molecule has 43 heavy (non-hydrogen) atoms. The van der Waals surface area contributed by atoms with Gasteiger partial charge in [0.2, 0.25) is 0 Å². The fourth-order valence-electron chi connectivity index (χ4n) is 13.7. The summed E-state index contributed by atoms with van der Waals surface area (Å²) in [5, 5.41) is 0. The zero-order valence-corrected chi connectivity index (χ0v) is 29.5. The summed E-state index contributed by atoms with van der Waals surface area (Å²) < 4.78 is 25.9. The molecule has 8 heteroatoms. The van der Waals surface area contributed by atoms with Gasteiger partial charge in [0.05, 0.1) is 11.7 Å². The first-order chi connectivity index (χ1) is 19.9. The average Bonchev–Trinajstić information content (AvgIpc) is 3.15. The van der Waals surface area contributed by atoms with E-state index in [0.717, 1.165) is 38.5 Å². The molecule has 240 valence electrons. The summed E-state index contributed by atoms with van der Waals surface area (Å²) in [7, 11) is 0. The van der Waals surface area contributed by atoms with Crippen LogP contribution < -0.4 is 0 Å². The van der Waals surface area contributed by atoms with Crippen LogP contribution in [0, 0.1) is 44.8 Å². The molecular weight excluding hydrogens is 659 g/mol. The highest BCUT2D eigenvalue weighted by Crippen LogP contribution is 2.92. The van der Waals surface area contributed by atoms with E-state index in [1.165, 1.54) is 39.5 Å². The average molecular weight is 711 g/mol. The van der Waals surface area contributed by atoms with E-state index >= 15 is 0 Å². The van der Waals surface area contributed by atoms with Gasteiger partial charge in [0.25, 0.3) is 0 Å². The monoisotopic (exact) mass is 710 g/mol. The van der Waals surface area contributed by atoms with Crippen LogP contribution in [-0.2, 0) is 33.3 Å². The third kappa shape index (κ3) is 3.77. The van der Waals surface area contributed by atoms with Gasteiger partial charge in [-0.2, -0.15) is 0 Å². The lowest BCUT2D eigenvalue weighted by Crippen LogP contribution is -2.70. The Bertz CT molecular complexity index is 1260. The van der Waals surface area contributed by atoms with Gasteiger partial charge in [-0.1, -0.05) is 43.4 Å². The van der Waals surface area contributed by atoms with E-state index < -0.39 is 5.60 Å². The lowest BCUT2D eigenvalue weighted by atomic mass is 9.35. The number of alkyl halides is 1. The van der Waals surface area contributed by atoms with Gasteiger partial charge in [-0.15, -0.1) is 0 Å². The van der Waals surface area contributed by atoms with Gasteiger partial charge in [-0.3, -0.25) is 14.4 Å². The van der Waals surface area contributed by atoms with Gasteiger partial charge in [-0.25, -0.2) is 0 Å². The molecule has 0 aromatic heterocycles. The molecule has 6 aliphatic carbocycles. The molecule has 1 saturated heterocycles. The summed E-state index contributed by atoms with van der Waals surface area (Å²) in [6, 6.07) is 0. The molecule has 0 aromatic carbocycles. The number of fused-ring (bicyclic) bond motifs is 2. The molecule has 0 bridgehead atoms. The second-order valence-electron chi connectivity index (χ2n) is 17.2. The van der Waals surface area contributed by atoms with Crippen molar-refractivity contribution >= 4 is 40.5 Å². The third-order valence-corrected chi connectivity index (χ3v) is 17.0. The summed E-state index contributed by atoms with van der Waals surface area (Å²) in [5.74, 6) is 0.252. The van der Waals surface area contributed by atoms with Crippen molar-refractivity contribution in [3.05, 3.63) is 0 Å². The number of hydrogen-bond donors (Lipinski definition) is 0. The van der Waals surface area contributed by atoms with Gasteiger partial charge in [0, 0.05) is 36.5 Å². The van der Waals surface area contributed by atoms with Crippen molar-refractivity contribution in [2.75, 3.05) is 0 Å². The molecule has 0 radical (unpaired) electrons. The molecule has 6 saturated carbocycles. The fraction of sp³-hybridized carbons (Fsp3) is 0.914. The topological polar surface area (TPSA) is 88.1 Å². The molecule has 7 nitrogen and oxygen atoms in total. The Balaban J connectivity index is 1.26. The SMILES string of the molecule is CC(=O)O[C@H]1C[C@@]2(C)[C@@H]3C[C@H](OC(C)=O)[C@H]4C(C)(C)C(I)CC[C@@]45C[C@@]35CC[C@@]23C[C@@]2(CC[C@@H](C(C)(C)OC(C)=O)O2)[C@@H]13. The standard InChI is InChI=1S/C35H51IO7/c1-19(37)40-22-15-24-31(8)16-23(41-20(2)38)28-33(31,18-35(28)12-10-26(43-35)30(6,7)42-21(3)39)14-13-32(24)17-34(32)11-9-25(36)29(4,5)27(22)34/h22-28H,9-18H2,1-8H3/t22-,23-,24-,25?,26-,27-,28-,31-,32-,33-,34+,35-/m0/s1. The zero-order valence-electron chi connectivity index (χ0n) is 27.3. The van der Waals surface area contributed by atoms with Gasteiger partial charge in [-0.05, 0) is 111 Å². The maximum atomic E-state index is 12.6. The second-order valence-corrected chi connectivity index (χ2v) is 18.7. The minimum absolute atomic E-state index is 0.0247. The first-order valence-corrected chi connectivity index (χ1v) is 18.0. The molecule has 0 aromatic rings. The predicted octanol–water partition coefficient (Wildman–Crippen LogP) is 6.96. The lowest BCUT2D eigenvalue weighted by Gasteiger charge is -2.70. The molecule has 0 amide bonds. The smallest absolute Gasteiger partial charge is 0.303 e. The van der Waals surface area contributed by atoms with Crippen molar-refractivity contribution in [3.8, 4) is 0 Å². The van der Waals surface area contributed by atoms with E-state index in [1.807, 2.05) is 13.8 Å². The molecular formula is C35H51IO7. The molecule has 7 aliphatic rings. The van der Waals surface area contributed by atoms with Gasteiger partial charge >= 0.3 is 17.9 Å². The predicted molar refractivity (Wildman–Crippen MR) is 168 cm³/mol. The highest BCUT2D eigenvalue weighted by atomic mass is 127. The van der Waals surface area contributed by atoms with Crippen molar-refractivity contribution in [1.82, 2.24) is 0 Å². The van der Waals surface area contributed by atoms with E-state index in [9.17, 15) is 14.4 Å². The quantitative estimate of drug-likeness (QED) is 0.135. The Kier molecular flexibility index (Phi) is 6.52. The maximum absolute atomic E-state index is 12.6. The summed E-state index contributed by atoms with van der Waals surface area (Å²) in [4.78, 5) is 37.0.